The van der Waals surface area contributed by atoms with Crippen LogP contribution in [0.4, 0.5) is 11.4 Å². The predicted octanol–water partition coefficient (Wildman–Crippen LogP) is 8.54. The molecule has 0 atom stereocenters. The molecule has 0 bridgehead atoms. The molecule has 0 aromatic heterocycles. The summed E-state index contributed by atoms with van der Waals surface area (Å²) in [5.41, 5.74) is 6.65. The Kier molecular flexibility index (Phi) is 10.7. The van der Waals surface area contributed by atoms with Crippen molar-refractivity contribution in [3.63, 3.8) is 0 Å². The second kappa shape index (κ2) is 13.7. The molecular formula is C30H32ClN3O. The van der Waals surface area contributed by atoms with Crippen LogP contribution >= 0.6 is 11.6 Å². The molecule has 3 rings (SSSR count). The van der Waals surface area contributed by atoms with Crippen molar-refractivity contribution in [2.45, 2.75) is 27.7 Å². The highest BCUT2D eigenvalue weighted by Gasteiger charge is 2.03. The number of anilines is 2. The number of hydrogen-bond acceptors (Lipinski definition) is 3. The summed E-state index contributed by atoms with van der Waals surface area (Å²) in [6.45, 7) is 15.0. The molecule has 3 aromatic carbocycles. The summed E-state index contributed by atoms with van der Waals surface area (Å²) < 4.78 is 0. The van der Waals surface area contributed by atoms with E-state index in [1.54, 1.807) is 25.1 Å². The summed E-state index contributed by atoms with van der Waals surface area (Å²) in [5.74, 6) is 0.777. The summed E-state index contributed by atoms with van der Waals surface area (Å²) in [5, 5.41) is 7.08. The van der Waals surface area contributed by atoms with E-state index in [-0.39, 0.29) is 5.78 Å². The van der Waals surface area contributed by atoms with Gasteiger partial charge in [0.2, 0.25) is 0 Å². The van der Waals surface area contributed by atoms with Crippen molar-refractivity contribution in [1.29, 1.82) is 0 Å². The van der Waals surface area contributed by atoms with Gasteiger partial charge in [0.05, 0.1) is 5.70 Å². The van der Waals surface area contributed by atoms with Gasteiger partial charge in [-0.15, -0.1) is 0 Å². The zero-order chi connectivity index (χ0) is 25.8. The van der Waals surface area contributed by atoms with Crippen LogP contribution in [0.2, 0.25) is 5.02 Å². The number of ketones is 1. The number of aryl methyl sites for hydroxylation is 1. The molecule has 0 unspecified atom stereocenters. The minimum atomic E-state index is 0.0471. The van der Waals surface area contributed by atoms with E-state index in [2.05, 4.69) is 41.8 Å². The lowest BCUT2D eigenvalue weighted by molar-refractivity contribution is 0.101. The van der Waals surface area contributed by atoms with E-state index >= 15 is 0 Å². The van der Waals surface area contributed by atoms with Gasteiger partial charge in [-0.2, -0.15) is 0 Å². The van der Waals surface area contributed by atoms with Crippen LogP contribution in [0.1, 0.15) is 42.3 Å². The summed E-state index contributed by atoms with van der Waals surface area (Å²) in [4.78, 5) is 15.9. The second-order valence-corrected chi connectivity index (χ2v) is 8.41. The molecule has 4 nitrogen and oxygen atoms in total. The molecule has 0 saturated heterocycles. The number of carbonyl (C=O) groups is 1. The molecule has 3 aromatic rings. The first-order valence-electron chi connectivity index (χ1n) is 11.2. The number of hydrogen-bond donors (Lipinski definition) is 2. The lowest BCUT2D eigenvalue weighted by Crippen LogP contribution is -2.07. The first-order chi connectivity index (χ1) is 16.7. The van der Waals surface area contributed by atoms with Crippen LogP contribution in [0.15, 0.2) is 109 Å². The molecule has 0 saturated carbocycles. The molecule has 180 valence electrons. The largest absolute Gasteiger partial charge is 0.360 e. The van der Waals surface area contributed by atoms with Crippen LogP contribution in [0.25, 0.3) is 5.70 Å². The van der Waals surface area contributed by atoms with Gasteiger partial charge in [0.15, 0.2) is 5.78 Å². The third-order valence-electron chi connectivity index (χ3n) is 4.81. The van der Waals surface area contributed by atoms with E-state index in [0.29, 0.717) is 10.6 Å². The number of nitrogens with one attached hydrogen (secondary N) is 2. The monoisotopic (exact) mass is 485 g/mol. The Morgan fingerprint density at radius 2 is 1.49 bits per heavy atom. The molecule has 5 heteroatoms. The molecule has 0 heterocycles. The number of amidine groups is 1. The van der Waals surface area contributed by atoms with Crippen molar-refractivity contribution in [3.8, 4) is 0 Å². The smallest absolute Gasteiger partial charge is 0.159 e. The van der Waals surface area contributed by atoms with Gasteiger partial charge in [0, 0.05) is 33.2 Å². The van der Waals surface area contributed by atoms with E-state index in [0.717, 1.165) is 34.2 Å². The van der Waals surface area contributed by atoms with E-state index in [1.807, 2.05) is 74.5 Å². The van der Waals surface area contributed by atoms with Crippen LogP contribution in [0.3, 0.4) is 0 Å². The third kappa shape index (κ3) is 9.48. The van der Waals surface area contributed by atoms with Crippen molar-refractivity contribution in [2.75, 3.05) is 10.6 Å². The van der Waals surface area contributed by atoms with Crippen LogP contribution in [-0.2, 0) is 0 Å². The maximum atomic E-state index is 11.3. The van der Waals surface area contributed by atoms with E-state index in [1.165, 1.54) is 5.56 Å². The van der Waals surface area contributed by atoms with Crippen molar-refractivity contribution in [1.82, 2.24) is 0 Å². The molecule has 2 N–H and O–H groups in total. The average Bonchev–Trinajstić information content (AvgIpc) is 2.81. The Hall–Kier alpha value is -3.89. The lowest BCUT2D eigenvalue weighted by Gasteiger charge is -2.08. The molecule has 0 spiro atoms. The Morgan fingerprint density at radius 3 is 2.03 bits per heavy atom. The number of benzene rings is 3. The van der Waals surface area contributed by atoms with Crippen molar-refractivity contribution in [2.24, 2.45) is 4.99 Å². The first kappa shape index (κ1) is 27.4. The number of Topliss-reactive ketones (excluding diaryl/α,β-unsaturated/α-hetero) is 1. The zero-order valence-electron chi connectivity index (χ0n) is 20.7. The number of halogens is 1. The first-order valence-corrected chi connectivity index (χ1v) is 11.6. The molecule has 0 aliphatic heterocycles. The molecule has 0 radical (unpaired) electrons. The van der Waals surface area contributed by atoms with E-state index in [4.69, 9.17) is 11.6 Å². The van der Waals surface area contributed by atoms with Crippen LogP contribution in [0, 0.1) is 6.92 Å². The lowest BCUT2D eigenvalue weighted by atomic mass is 10.1. The van der Waals surface area contributed by atoms with Crippen molar-refractivity contribution in [3.05, 3.63) is 126 Å². The topological polar surface area (TPSA) is 53.5 Å². The number of para-hydroxylation sites is 1. The standard InChI is InChI=1S/C20H19ClN2O.C10H13N/c1-4-5-20(17-6-10-18(21)11-7-17)23-15(3)22-19-12-8-16(9-13-19)14(2)24;1-8(2)11-10-7-5-4-6-9(10)3/h4-13H,1H2,2-3H3,(H,22,23);4-7,11H,1H2,2-3H3/b20-5-;. The SMILES string of the molecule is C=C(C)Nc1ccccc1C.C=C/C=C(\N=C(C)Nc1ccc(C(C)=O)cc1)c1ccc(Cl)cc1. The number of rotatable bonds is 7. The Labute approximate surface area is 213 Å². The van der Waals surface area contributed by atoms with Crippen LogP contribution in [-0.4, -0.2) is 11.6 Å². The summed E-state index contributed by atoms with van der Waals surface area (Å²) in [6, 6.07) is 22.9. The molecule has 0 fully saturated rings. The van der Waals surface area contributed by atoms with Gasteiger partial charge in [0.25, 0.3) is 0 Å². The van der Waals surface area contributed by atoms with Gasteiger partial charge >= 0.3 is 0 Å². The minimum absolute atomic E-state index is 0.0471. The molecular weight excluding hydrogens is 454 g/mol. The summed E-state index contributed by atoms with van der Waals surface area (Å²) in [7, 11) is 0. The van der Waals surface area contributed by atoms with E-state index in [9.17, 15) is 4.79 Å². The van der Waals surface area contributed by atoms with Gasteiger partial charge in [-0.05, 0) is 81.8 Å². The quantitative estimate of drug-likeness (QED) is 0.152. The number of allylic oxidation sites excluding steroid dienone is 3. The Balaban J connectivity index is 0.000000328. The average molecular weight is 486 g/mol. The third-order valence-corrected chi connectivity index (χ3v) is 5.07. The molecule has 0 aliphatic rings. The summed E-state index contributed by atoms with van der Waals surface area (Å²) in [6.07, 6.45) is 3.54. The highest BCUT2D eigenvalue weighted by molar-refractivity contribution is 6.30. The normalized spacial score (nSPS) is 11.1. The highest BCUT2D eigenvalue weighted by atomic mass is 35.5. The zero-order valence-corrected chi connectivity index (χ0v) is 21.5. The second-order valence-electron chi connectivity index (χ2n) is 7.97. The van der Waals surface area contributed by atoms with Gasteiger partial charge in [-0.1, -0.05) is 61.2 Å². The maximum absolute atomic E-state index is 11.3. The maximum Gasteiger partial charge on any atom is 0.159 e. The highest BCUT2D eigenvalue weighted by Crippen LogP contribution is 2.20. The Bertz CT molecular complexity index is 1220. The van der Waals surface area contributed by atoms with E-state index < -0.39 is 0 Å². The minimum Gasteiger partial charge on any atom is -0.360 e. The molecule has 0 amide bonds. The van der Waals surface area contributed by atoms with Crippen LogP contribution in [0.5, 0.6) is 0 Å². The van der Waals surface area contributed by atoms with Gasteiger partial charge < -0.3 is 10.6 Å². The van der Waals surface area contributed by atoms with Gasteiger partial charge in [0.1, 0.15) is 5.84 Å². The van der Waals surface area contributed by atoms with Crippen molar-refractivity contribution < 1.29 is 4.79 Å². The Morgan fingerprint density at radius 1 is 0.886 bits per heavy atom. The molecule has 0 aliphatic carbocycles. The molecule has 35 heavy (non-hydrogen) atoms. The number of aliphatic imine (C=N–C) groups is 1. The van der Waals surface area contributed by atoms with Gasteiger partial charge in [-0.3, -0.25) is 4.79 Å². The van der Waals surface area contributed by atoms with Crippen LogP contribution < -0.4 is 10.6 Å². The van der Waals surface area contributed by atoms with Gasteiger partial charge in [-0.25, -0.2) is 4.99 Å². The fourth-order valence-electron chi connectivity index (χ4n) is 3.08. The predicted molar refractivity (Wildman–Crippen MR) is 152 cm³/mol. The van der Waals surface area contributed by atoms with Crippen molar-refractivity contribution >= 4 is 40.3 Å². The number of carbonyl (C=O) groups excluding carboxylic acids is 1. The fourth-order valence-corrected chi connectivity index (χ4v) is 3.21. The number of nitrogens with zero attached hydrogens (tertiary/aromatic N) is 1. The summed E-state index contributed by atoms with van der Waals surface area (Å²) >= 11 is 5.93. The fraction of sp³-hybridized carbons (Fsp3) is 0.133.